The molecule has 2 heterocycles. The molecule has 0 radical (unpaired) electrons. The van der Waals surface area contributed by atoms with Gasteiger partial charge in [0.25, 0.3) is 0 Å². The number of aliphatic hydroxyl groups is 1. The van der Waals surface area contributed by atoms with Gasteiger partial charge in [-0.15, -0.1) is 11.8 Å². The SMILES string of the molecule is O=C(NCc1cccc(-c2ccc([C@@H]3O[C@H](CSc4ccccc4)C[C@H](c4ccc(CO)cc4)O3)cc2)c1)[C@@H]1CCCN1C(=O)C(F)(F)F. The van der Waals surface area contributed by atoms with Gasteiger partial charge < -0.3 is 24.8 Å². The minimum absolute atomic E-state index is 0.0233. The third kappa shape index (κ3) is 8.72. The minimum Gasteiger partial charge on any atom is -0.392 e. The highest BCUT2D eigenvalue weighted by Gasteiger charge is 2.47. The lowest BCUT2D eigenvalue weighted by atomic mass is 9.99. The number of alkyl halides is 3. The third-order valence-electron chi connectivity index (χ3n) is 8.76. The quantitative estimate of drug-likeness (QED) is 0.169. The van der Waals surface area contributed by atoms with Crippen molar-refractivity contribution in [2.45, 2.75) is 68.0 Å². The molecular formula is C38H37F3N2O5S. The Morgan fingerprint density at radius 3 is 2.31 bits per heavy atom. The first-order chi connectivity index (χ1) is 23.7. The van der Waals surface area contributed by atoms with Gasteiger partial charge in [0, 0.05) is 35.7 Å². The van der Waals surface area contributed by atoms with Crippen LogP contribution in [0.3, 0.4) is 0 Å². The van der Waals surface area contributed by atoms with E-state index in [0.717, 1.165) is 39.1 Å². The van der Waals surface area contributed by atoms with E-state index in [9.17, 15) is 27.9 Å². The highest BCUT2D eigenvalue weighted by atomic mass is 32.2. The number of benzene rings is 4. The number of likely N-dealkylation sites (tertiary alicyclic amines) is 1. The van der Waals surface area contributed by atoms with Crippen molar-refractivity contribution < 1.29 is 37.3 Å². The Balaban J connectivity index is 1.12. The second-order valence-electron chi connectivity index (χ2n) is 12.2. The first-order valence-electron chi connectivity index (χ1n) is 16.2. The molecule has 49 heavy (non-hydrogen) atoms. The zero-order valence-corrected chi connectivity index (χ0v) is 27.5. The van der Waals surface area contributed by atoms with E-state index in [4.69, 9.17) is 9.47 Å². The summed E-state index contributed by atoms with van der Waals surface area (Å²) in [6.45, 7) is -0.00282. The largest absolute Gasteiger partial charge is 0.471 e. The Kier molecular flexibility index (Phi) is 11.0. The van der Waals surface area contributed by atoms with Gasteiger partial charge in [-0.3, -0.25) is 9.59 Å². The van der Waals surface area contributed by atoms with Gasteiger partial charge in [0.2, 0.25) is 5.91 Å². The number of carbonyl (C=O) groups excluding carboxylic acids is 2. The van der Waals surface area contributed by atoms with Crippen molar-refractivity contribution in [2.24, 2.45) is 0 Å². The van der Waals surface area contributed by atoms with Gasteiger partial charge in [0.15, 0.2) is 6.29 Å². The van der Waals surface area contributed by atoms with Crippen LogP contribution in [0.5, 0.6) is 0 Å². The van der Waals surface area contributed by atoms with Crippen LogP contribution < -0.4 is 5.32 Å². The number of nitrogens with one attached hydrogen (secondary N) is 1. The Morgan fingerprint density at radius 1 is 0.857 bits per heavy atom. The highest BCUT2D eigenvalue weighted by Crippen LogP contribution is 2.40. The van der Waals surface area contributed by atoms with E-state index in [1.165, 1.54) is 4.90 Å². The molecule has 11 heteroatoms. The van der Waals surface area contributed by atoms with Crippen molar-refractivity contribution in [1.29, 1.82) is 0 Å². The van der Waals surface area contributed by atoms with Gasteiger partial charge in [-0.05, 0) is 58.9 Å². The molecule has 7 nitrogen and oxygen atoms in total. The number of carbonyl (C=O) groups is 2. The van der Waals surface area contributed by atoms with Gasteiger partial charge in [0.1, 0.15) is 6.04 Å². The Morgan fingerprint density at radius 2 is 1.59 bits per heavy atom. The predicted molar refractivity (Wildman–Crippen MR) is 180 cm³/mol. The summed E-state index contributed by atoms with van der Waals surface area (Å²) in [6.07, 6.45) is -4.64. The maximum Gasteiger partial charge on any atom is 0.471 e. The average Bonchev–Trinajstić information content (AvgIpc) is 3.63. The smallest absolute Gasteiger partial charge is 0.392 e. The van der Waals surface area contributed by atoms with Crippen molar-refractivity contribution in [3.05, 3.63) is 125 Å². The van der Waals surface area contributed by atoms with Crippen molar-refractivity contribution in [3.8, 4) is 11.1 Å². The summed E-state index contributed by atoms with van der Waals surface area (Å²) in [5, 5.41) is 12.2. The van der Waals surface area contributed by atoms with Crippen LogP contribution in [0.2, 0.25) is 0 Å². The van der Waals surface area contributed by atoms with E-state index < -0.39 is 30.3 Å². The van der Waals surface area contributed by atoms with Crippen LogP contribution in [0, 0.1) is 0 Å². The summed E-state index contributed by atoms with van der Waals surface area (Å²) < 4.78 is 52.0. The van der Waals surface area contributed by atoms with E-state index in [2.05, 4.69) is 17.4 Å². The Bertz CT molecular complexity index is 1720. The monoisotopic (exact) mass is 690 g/mol. The number of halogens is 3. The minimum atomic E-state index is -5.01. The summed E-state index contributed by atoms with van der Waals surface area (Å²) in [4.78, 5) is 26.3. The van der Waals surface area contributed by atoms with E-state index >= 15 is 0 Å². The molecule has 0 aliphatic carbocycles. The van der Waals surface area contributed by atoms with Crippen LogP contribution >= 0.6 is 11.8 Å². The molecule has 0 spiro atoms. The van der Waals surface area contributed by atoms with Crippen LogP contribution in [-0.4, -0.2) is 52.4 Å². The zero-order valence-electron chi connectivity index (χ0n) is 26.6. The summed E-state index contributed by atoms with van der Waals surface area (Å²) in [5.74, 6) is -1.82. The molecular weight excluding hydrogens is 653 g/mol. The number of amides is 2. The fourth-order valence-electron chi connectivity index (χ4n) is 6.17. The normalized spacial score (nSPS) is 21.0. The van der Waals surface area contributed by atoms with E-state index in [1.807, 2.05) is 91.0 Å². The fourth-order valence-corrected chi connectivity index (χ4v) is 7.12. The fraction of sp³-hybridized carbons (Fsp3) is 0.316. The van der Waals surface area contributed by atoms with Crippen molar-refractivity contribution in [3.63, 3.8) is 0 Å². The van der Waals surface area contributed by atoms with E-state index in [-0.39, 0.29) is 38.3 Å². The summed E-state index contributed by atoms with van der Waals surface area (Å²) in [6, 6.07) is 32.3. The maximum absolute atomic E-state index is 13.0. The van der Waals surface area contributed by atoms with Gasteiger partial charge in [-0.1, -0.05) is 84.9 Å². The molecule has 2 amide bonds. The molecule has 2 saturated heterocycles. The van der Waals surface area contributed by atoms with Crippen molar-refractivity contribution in [1.82, 2.24) is 10.2 Å². The zero-order chi connectivity index (χ0) is 34.4. The average molecular weight is 691 g/mol. The van der Waals surface area contributed by atoms with Gasteiger partial charge in [-0.25, -0.2) is 0 Å². The summed E-state index contributed by atoms with van der Waals surface area (Å²) in [7, 11) is 0. The lowest BCUT2D eigenvalue weighted by Crippen LogP contribution is -2.50. The molecule has 0 saturated carbocycles. The van der Waals surface area contributed by atoms with Crippen LogP contribution in [0.25, 0.3) is 11.1 Å². The molecule has 0 aromatic heterocycles. The predicted octanol–water partition coefficient (Wildman–Crippen LogP) is 7.35. The summed E-state index contributed by atoms with van der Waals surface area (Å²) in [5.41, 5.74) is 5.33. The standard InChI is InChI=1S/C38H37F3N2O5S/c39-38(40,41)37(46)43-19-5-10-33(43)35(45)42-22-26-6-4-7-30(20-26)27-15-17-29(18-16-27)36-47-31(24-49-32-8-2-1-3-9-32)21-34(48-36)28-13-11-25(23-44)12-14-28/h1-4,6-9,11-18,20,31,33-34,36,44H,5,10,19,21-24H2,(H,42,45)/t31-,33-,34+,36+/m0/s1. The molecule has 2 N–H and O–H groups in total. The Labute approximate surface area is 287 Å². The van der Waals surface area contributed by atoms with Gasteiger partial charge >= 0.3 is 12.1 Å². The molecule has 0 bridgehead atoms. The van der Waals surface area contributed by atoms with Crippen LogP contribution in [0.1, 0.15) is 53.9 Å². The molecule has 2 aliphatic rings. The van der Waals surface area contributed by atoms with Gasteiger partial charge in [0.05, 0.1) is 18.8 Å². The van der Waals surface area contributed by atoms with Crippen molar-refractivity contribution in [2.75, 3.05) is 12.3 Å². The number of rotatable bonds is 10. The molecule has 0 unspecified atom stereocenters. The number of ether oxygens (including phenoxy) is 2. The summed E-state index contributed by atoms with van der Waals surface area (Å²) >= 11 is 1.74. The number of hydrogen-bond donors (Lipinski definition) is 2. The first kappa shape index (κ1) is 34.7. The van der Waals surface area contributed by atoms with E-state index in [1.54, 1.807) is 11.8 Å². The lowest BCUT2D eigenvalue weighted by molar-refractivity contribution is -0.245. The van der Waals surface area contributed by atoms with Gasteiger partial charge in [-0.2, -0.15) is 13.2 Å². The topological polar surface area (TPSA) is 88.1 Å². The van der Waals surface area contributed by atoms with Crippen LogP contribution in [0.4, 0.5) is 13.2 Å². The third-order valence-corrected chi connectivity index (χ3v) is 9.91. The molecule has 256 valence electrons. The van der Waals surface area contributed by atoms with E-state index in [0.29, 0.717) is 17.7 Å². The molecule has 4 aromatic rings. The molecule has 2 aliphatic heterocycles. The molecule has 4 aromatic carbocycles. The molecule has 4 atom stereocenters. The van der Waals surface area contributed by atoms with Crippen molar-refractivity contribution >= 4 is 23.6 Å². The number of aliphatic hydroxyl groups excluding tert-OH is 1. The maximum atomic E-state index is 13.0. The van der Waals surface area contributed by atoms with Crippen LogP contribution in [-0.2, 0) is 32.2 Å². The number of hydrogen-bond acceptors (Lipinski definition) is 6. The first-order valence-corrected chi connectivity index (χ1v) is 17.2. The van der Waals surface area contributed by atoms with Crippen LogP contribution in [0.15, 0.2) is 108 Å². The second-order valence-corrected chi connectivity index (χ2v) is 13.3. The highest BCUT2D eigenvalue weighted by molar-refractivity contribution is 7.99. The Hall–Kier alpha value is -4.16. The number of thioether (sulfide) groups is 1. The lowest BCUT2D eigenvalue weighted by Gasteiger charge is -2.36. The molecule has 6 rings (SSSR count). The second kappa shape index (κ2) is 15.6. The molecule has 2 fully saturated rings. The number of nitrogens with zero attached hydrogens (tertiary/aromatic N) is 1.